The van der Waals surface area contributed by atoms with Gasteiger partial charge in [0, 0.05) is 63.8 Å². The molecule has 8 nitrogen and oxygen atoms in total. The molecule has 0 radical (unpaired) electrons. The highest BCUT2D eigenvalue weighted by molar-refractivity contribution is 7.89. The van der Waals surface area contributed by atoms with Crippen LogP contribution in [0.25, 0.3) is 0 Å². The second kappa shape index (κ2) is 9.86. The number of benzene rings is 1. The minimum Gasteiger partial charge on any atom is -0.377 e. The third kappa shape index (κ3) is 5.68. The van der Waals surface area contributed by atoms with E-state index in [1.54, 1.807) is 29.4 Å². The van der Waals surface area contributed by atoms with Gasteiger partial charge in [-0.15, -0.1) is 0 Å². The van der Waals surface area contributed by atoms with E-state index in [1.807, 2.05) is 12.1 Å². The number of ether oxygens (including phenoxy) is 1. The van der Waals surface area contributed by atoms with Crippen LogP contribution in [0.15, 0.2) is 53.7 Å². The molecule has 0 spiro atoms. The van der Waals surface area contributed by atoms with E-state index in [0.717, 1.165) is 32.5 Å². The Morgan fingerprint density at radius 1 is 1.13 bits per heavy atom. The molecule has 31 heavy (non-hydrogen) atoms. The van der Waals surface area contributed by atoms with E-state index in [2.05, 4.69) is 14.6 Å². The van der Waals surface area contributed by atoms with Crippen molar-refractivity contribution in [3.05, 3.63) is 59.9 Å². The van der Waals surface area contributed by atoms with E-state index < -0.39 is 10.0 Å². The van der Waals surface area contributed by atoms with Gasteiger partial charge >= 0.3 is 0 Å². The van der Waals surface area contributed by atoms with Crippen molar-refractivity contribution in [3.8, 4) is 0 Å². The Morgan fingerprint density at radius 2 is 1.90 bits per heavy atom. The molecule has 0 aliphatic carbocycles. The first-order chi connectivity index (χ1) is 15.0. The van der Waals surface area contributed by atoms with Crippen LogP contribution < -0.4 is 4.72 Å². The molecule has 2 aliphatic heterocycles. The van der Waals surface area contributed by atoms with Crippen LogP contribution in [-0.2, 0) is 21.3 Å². The first-order valence-corrected chi connectivity index (χ1v) is 12.1. The van der Waals surface area contributed by atoms with Crippen molar-refractivity contribution in [1.29, 1.82) is 0 Å². The van der Waals surface area contributed by atoms with Gasteiger partial charge in [0.15, 0.2) is 0 Å². The van der Waals surface area contributed by atoms with Gasteiger partial charge in [0.1, 0.15) is 0 Å². The number of pyridine rings is 1. The number of nitrogens with zero attached hydrogens (tertiary/aromatic N) is 3. The van der Waals surface area contributed by atoms with Gasteiger partial charge in [-0.05, 0) is 48.7 Å². The summed E-state index contributed by atoms with van der Waals surface area (Å²) < 4.78 is 33.4. The number of sulfonamides is 1. The number of amides is 1. The maximum Gasteiger partial charge on any atom is 0.253 e. The van der Waals surface area contributed by atoms with E-state index in [1.165, 1.54) is 17.7 Å². The highest BCUT2D eigenvalue weighted by Gasteiger charge is 2.24. The molecule has 4 rings (SSSR count). The Balaban J connectivity index is 1.34. The van der Waals surface area contributed by atoms with Gasteiger partial charge in [-0.3, -0.25) is 14.7 Å². The van der Waals surface area contributed by atoms with Crippen LogP contribution in [0, 0.1) is 0 Å². The van der Waals surface area contributed by atoms with Crippen LogP contribution >= 0.6 is 0 Å². The molecule has 1 aromatic carbocycles. The first kappa shape index (κ1) is 21.9. The summed E-state index contributed by atoms with van der Waals surface area (Å²) in [5.74, 6) is -0.139. The van der Waals surface area contributed by atoms with Gasteiger partial charge in [-0.1, -0.05) is 6.07 Å². The predicted octanol–water partition coefficient (Wildman–Crippen LogP) is 1.50. The number of carbonyl (C=O) groups excluding carboxylic acids is 1. The minimum atomic E-state index is -3.69. The van der Waals surface area contributed by atoms with Gasteiger partial charge in [-0.25, -0.2) is 13.1 Å². The molecular formula is C22H28N4O4S. The second-order valence-electron chi connectivity index (χ2n) is 7.94. The lowest BCUT2D eigenvalue weighted by Gasteiger charge is -2.34. The van der Waals surface area contributed by atoms with Gasteiger partial charge < -0.3 is 9.64 Å². The number of hydrogen-bond donors (Lipinski definition) is 1. The molecular weight excluding hydrogens is 416 g/mol. The normalized spacial score (nSPS) is 20.1. The van der Waals surface area contributed by atoms with Crippen molar-refractivity contribution in [2.45, 2.75) is 30.4 Å². The van der Waals surface area contributed by atoms with Crippen LogP contribution in [-0.4, -0.2) is 74.5 Å². The number of aromatic nitrogens is 1. The number of carbonyl (C=O) groups is 1. The summed E-state index contributed by atoms with van der Waals surface area (Å²) in [6.07, 6.45) is 5.29. The van der Waals surface area contributed by atoms with Gasteiger partial charge in [0.05, 0.1) is 11.0 Å². The Bertz CT molecular complexity index is 986. The lowest BCUT2D eigenvalue weighted by Crippen LogP contribution is -2.48. The molecule has 1 atom stereocenters. The molecule has 1 amide bonds. The Labute approximate surface area is 183 Å². The van der Waals surface area contributed by atoms with Crippen LogP contribution in [0.1, 0.15) is 28.8 Å². The summed E-state index contributed by atoms with van der Waals surface area (Å²) >= 11 is 0. The molecule has 0 unspecified atom stereocenters. The summed E-state index contributed by atoms with van der Waals surface area (Å²) in [5, 5.41) is 0. The number of hydrogen-bond acceptors (Lipinski definition) is 6. The number of rotatable bonds is 7. The molecule has 0 bridgehead atoms. The SMILES string of the molecule is O=C(c1cccc(S(=O)(=O)NC[C@@H]2CCCO2)c1)N1CCN(Cc2ccncc2)CC1. The third-order valence-electron chi connectivity index (χ3n) is 5.73. The summed E-state index contributed by atoms with van der Waals surface area (Å²) in [6, 6.07) is 10.3. The number of piperazine rings is 1. The summed E-state index contributed by atoms with van der Waals surface area (Å²) in [5.41, 5.74) is 1.59. The van der Waals surface area contributed by atoms with Crippen molar-refractivity contribution in [1.82, 2.24) is 19.5 Å². The van der Waals surface area contributed by atoms with Crippen molar-refractivity contribution in [3.63, 3.8) is 0 Å². The van der Waals surface area contributed by atoms with E-state index in [9.17, 15) is 13.2 Å². The van der Waals surface area contributed by atoms with E-state index >= 15 is 0 Å². The Kier molecular flexibility index (Phi) is 6.96. The van der Waals surface area contributed by atoms with Crippen molar-refractivity contribution >= 4 is 15.9 Å². The molecule has 1 N–H and O–H groups in total. The summed E-state index contributed by atoms with van der Waals surface area (Å²) in [4.78, 5) is 21.2. The molecule has 1 aromatic heterocycles. The topological polar surface area (TPSA) is 91.8 Å². The van der Waals surface area contributed by atoms with Gasteiger partial charge in [-0.2, -0.15) is 0 Å². The van der Waals surface area contributed by atoms with Crippen molar-refractivity contribution < 1.29 is 17.9 Å². The second-order valence-corrected chi connectivity index (χ2v) is 9.71. The standard InChI is InChI=1S/C22H28N4O4S/c27-22(26-12-10-25(11-13-26)17-18-6-8-23-9-7-18)19-3-1-5-21(15-19)31(28,29)24-16-20-4-2-14-30-20/h1,3,5-9,15,20,24H,2,4,10-14,16-17H2/t20-/m0/s1. The quantitative estimate of drug-likeness (QED) is 0.696. The smallest absolute Gasteiger partial charge is 0.253 e. The van der Waals surface area contributed by atoms with E-state index in [0.29, 0.717) is 25.3 Å². The lowest BCUT2D eigenvalue weighted by atomic mass is 10.1. The molecule has 2 fully saturated rings. The van der Waals surface area contributed by atoms with E-state index in [-0.39, 0.29) is 23.5 Å². The molecule has 2 aliphatic rings. The van der Waals surface area contributed by atoms with Crippen LogP contribution in [0.3, 0.4) is 0 Å². The summed E-state index contributed by atoms with van der Waals surface area (Å²) in [7, 11) is -3.69. The zero-order chi connectivity index (χ0) is 21.7. The number of nitrogens with one attached hydrogen (secondary N) is 1. The molecule has 166 valence electrons. The molecule has 2 saturated heterocycles. The zero-order valence-electron chi connectivity index (χ0n) is 17.4. The van der Waals surface area contributed by atoms with Crippen molar-refractivity contribution in [2.75, 3.05) is 39.3 Å². The maximum atomic E-state index is 13.0. The fourth-order valence-electron chi connectivity index (χ4n) is 3.93. The van der Waals surface area contributed by atoms with Crippen LogP contribution in [0.5, 0.6) is 0 Å². The largest absolute Gasteiger partial charge is 0.377 e. The molecule has 2 aromatic rings. The first-order valence-electron chi connectivity index (χ1n) is 10.6. The molecule has 3 heterocycles. The Hall–Kier alpha value is -2.33. The highest BCUT2D eigenvalue weighted by atomic mass is 32.2. The molecule has 0 saturated carbocycles. The highest BCUT2D eigenvalue weighted by Crippen LogP contribution is 2.17. The predicted molar refractivity (Wildman–Crippen MR) is 116 cm³/mol. The fourth-order valence-corrected chi connectivity index (χ4v) is 5.04. The summed E-state index contributed by atoms with van der Waals surface area (Å²) in [6.45, 7) is 4.52. The lowest BCUT2D eigenvalue weighted by molar-refractivity contribution is 0.0628. The van der Waals surface area contributed by atoms with Crippen LogP contribution in [0.2, 0.25) is 0 Å². The van der Waals surface area contributed by atoms with Crippen molar-refractivity contribution in [2.24, 2.45) is 0 Å². The zero-order valence-corrected chi connectivity index (χ0v) is 18.3. The monoisotopic (exact) mass is 444 g/mol. The van der Waals surface area contributed by atoms with E-state index in [4.69, 9.17) is 4.74 Å². The average Bonchev–Trinajstić information content (AvgIpc) is 3.33. The third-order valence-corrected chi connectivity index (χ3v) is 7.15. The Morgan fingerprint density at radius 3 is 2.61 bits per heavy atom. The molecule has 9 heteroatoms. The van der Waals surface area contributed by atoms with Gasteiger partial charge in [0.25, 0.3) is 5.91 Å². The fraction of sp³-hybridized carbons (Fsp3) is 0.455. The van der Waals surface area contributed by atoms with Gasteiger partial charge in [0.2, 0.25) is 10.0 Å². The minimum absolute atomic E-state index is 0.0805. The van der Waals surface area contributed by atoms with Crippen LogP contribution in [0.4, 0.5) is 0 Å². The average molecular weight is 445 g/mol. The maximum absolute atomic E-state index is 13.0.